The molecule has 0 aliphatic carbocycles. The number of halogens is 4. The molecular formula is C22H22ClF3N2O3. The lowest BCUT2D eigenvalue weighted by Gasteiger charge is -2.42. The molecular weight excluding hydrogens is 433 g/mol. The van der Waals surface area contributed by atoms with E-state index in [1.165, 1.54) is 17.0 Å². The SMILES string of the molecule is NC(=O)C[C@@]1(COc2cccc(Cl)c2)CCCN(C(=O)c2cccc(C(F)(F)F)c2)C1. The van der Waals surface area contributed by atoms with Crippen LogP contribution in [0.25, 0.3) is 0 Å². The first-order valence-electron chi connectivity index (χ1n) is 9.71. The van der Waals surface area contributed by atoms with Gasteiger partial charge in [-0.3, -0.25) is 9.59 Å². The van der Waals surface area contributed by atoms with Crippen molar-refractivity contribution in [3.05, 3.63) is 64.7 Å². The molecule has 0 spiro atoms. The first-order chi connectivity index (χ1) is 14.6. The Morgan fingerprint density at radius 2 is 1.90 bits per heavy atom. The van der Waals surface area contributed by atoms with E-state index < -0.39 is 29.0 Å². The van der Waals surface area contributed by atoms with Gasteiger partial charge in [-0.2, -0.15) is 13.2 Å². The Morgan fingerprint density at radius 3 is 2.58 bits per heavy atom. The van der Waals surface area contributed by atoms with Crippen molar-refractivity contribution in [3.63, 3.8) is 0 Å². The number of primary amides is 1. The second kappa shape index (κ2) is 9.18. The Balaban J connectivity index is 1.80. The van der Waals surface area contributed by atoms with E-state index in [0.717, 1.165) is 12.1 Å². The second-order valence-corrected chi connectivity index (χ2v) is 8.23. The quantitative estimate of drug-likeness (QED) is 0.696. The highest BCUT2D eigenvalue weighted by Crippen LogP contribution is 2.36. The molecule has 5 nitrogen and oxygen atoms in total. The van der Waals surface area contributed by atoms with Gasteiger partial charge in [0.2, 0.25) is 5.91 Å². The highest BCUT2D eigenvalue weighted by molar-refractivity contribution is 6.30. The van der Waals surface area contributed by atoms with Crippen LogP contribution in [0.4, 0.5) is 13.2 Å². The molecule has 1 aliphatic rings. The maximum absolute atomic E-state index is 13.0. The maximum atomic E-state index is 13.0. The molecule has 0 bridgehead atoms. The Kier molecular flexibility index (Phi) is 6.79. The molecule has 1 heterocycles. The van der Waals surface area contributed by atoms with Gasteiger partial charge >= 0.3 is 6.18 Å². The van der Waals surface area contributed by atoms with Crippen molar-refractivity contribution >= 4 is 23.4 Å². The maximum Gasteiger partial charge on any atom is 0.416 e. The van der Waals surface area contributed by atoms with Crippen LogP contribution < -0.4 is 10.5 Å². The fourth-order valence-corrected chi connectivity index (χ4v) is 4.05. The third-order valence-corrected chi connectivity index (χ3v) is 5.51. The monoisotopic (exact) mass is 454 g/mol. The lowest BCUT2D eigenvalue weighted by molar-refractivity contribution is -0.137. The molecule has 2 aromatic carbocycles. The highest BCUT2D eigenvalue weighted by Gasteiger charge is 2.40. The van der Waals surface area contributed by atoms with E-state index in [2.05, 4.69) is 0 Å². The molecule has 2 aromatic rings. The van der Waals surface area contributed by atoms with Gasteiger partial charge in [0.1, 0.15) is 5.75 Å². The number of likely N-dealkylation sites (tertiary alicyclic amines) is 1. The van der Waals surface area contributed by atoms with E-state index in [0.29, 0.717) is 30.2 Å². The summed E-state index contributed by atoms with van der Waals surface area (Å²) in [4.78, 5) is 26.2. The summed E-state index contributed by atoms with van der Waals surface area (Å²) in [5.74, 6) is -0.553. The van der Waals surface area contributed by atoms with E-state index in [9.17, 15) is 22.8 Å². The first kappa shape index (κ1) is 22.9. The summed E-state index contributed by atoms with van der Waals surface area (Å²) in [7, 11) is 0. The predicted octanol–water partition coefficient (Wildman–Crippen LogP) is 4.54. The van der Waals surface area contributed by atoms with E-state index >= 15 is 0 Å². The summed E-state index contributed by atoms with van der Waals surface area (Å²) in [6, 6.07) is 11.1. The minimum absolute atomic E-state index is 0.0140. The molecule has 3 rings (SSSR count). The Labute approximate surface area is 182 Å². The normalized spacial score (nSPS) is 19.2. The van der Waals surface area contributed by atoms with Gasteiger partial charge in [0.05, 0.1) is 12.2 Å². The standard InChI is InChI=1S/C22H22ClF3N2O3/c23-17-6-2-7-18(11-17)31-14-21(12-19(27)29)8-3-9-28(13-21)20(30)15-4-1-5-16(10-15)22(24,25)26/h1-2,4-7,10-11H,3,8-9,12-14H2,(H2,27,29)/t21-/m0/s1. The van der Waals surface area contributed by atoms with Gasteiger partial charge in [-0.15, -0.1) is 0 Å². The lowest BCUT2D eigenvalue weighted by Crippen LogP contribution is -2.50. The van der Waals surface area contributed by atoms with Gasteiger partial charge in [-0.05, 0) is 49.2 Å². The van der Waals surface area contributed by atoms with Crippen molar-refractivity contribution < 1.29 is 27.5 Å². The zero-order valence-corrected chi connectivity index (χ0v) is 17.4. The molecule has 31 heavy (non-hydrogen) atoms. The highest BCUT2D eigenvalue weighted by atomic mass is 35.5. The Morgan fingerprint density at radius 1 is 1.16 bits per heavy atom. The van der Waals surface area contributed by atoms with Crippen molar-refractivity contribution in [1.82, 2.24) is 4.90 Å². The molecule has 0 aromatic heterocycles. The number of carbonyl (C=O) groups excluding carboxylic acids is 2. The molecule has 0 saturated carbocycles. The average molecular weight is 455 g/mol. The number of hydrogen-bond acceptors (Lipinski definition) is 3. The van der Waals surface area contributed by atoms with Crippen LogP contribution in [0.5, 0.6) is 5.75 Å². The van der Waals surface area contributed by atoms with Crippen LogP contribution in [0.1, 0.15) is 35.2 Å². The lowest BCUT2D eigenvalue weighted by atomic mass is 9.77. The minimum atomic E-state index is -4.54. The van der Waals surface area contributed by atoms with Crippen LogP contribution in [0.3, 0.4) is 0 Å². The number of benzene rings is 2. The Hall–Kier alpha value is -2.74. The predicted molar refractivity (Wildman–Crippen MR) is 110 cm³/mol. The number of alkyl halides is 3. The van der Waals surface area contributed by atoms with Crippen molar-refractivity contribution in [2.75, 3.05) is 19.7 Å². The minimum Gasteiger partial charge on any atom is -0.493 e. The molecule has 2 N–H and O–H groups in total. The van der Waals surface area contributed by atoms with Crippen molar-refractivity contribution in [1.29, 1.82) is 0 Å². The van der Waals surface area contributed by atoms with E-state index in [4.69, 9.17) is 22.1 Å². The van der Waals surface area contributed by atoms with Crippen molar-refractivity contribution in [2.45, 2.75) is 25.4 Å². The molecule has 0 radical (unpaired) electrons. The van der Waals surface area contributed by atoms with Crippen molar-refractivity contribution in [2.24, 2.45) is 11.1 Å². The molecule has 1 aliphatic heterocycles. The zero-order chi connectivity index (χ0) is 22.6. The van der Waals surface area contributed by atoms with Crippen molar-refractivity contribution in [3.8, 4) is 5.75 Å². The molecule has 0 unspecified atom stereocenters. The van der Waals surface area contributed by atoms with Gasteiger partial charge in [0.25, 0.3) is 5.91 Å². The molecule has 166 valence electrons. The average Bonchev–Trinajstić information content (AvgIpc) is 2.71. The van der Waals surface area contributed by atoms with E-state index in [-0.39, 0.29) is 25.1 Å². The first-order valence-corrected chi connectivity index (χ1v) is 10.1. The van der Waals surface area contributed by atoms with Crippen LogP contribution in [0.15, 0.2) is 48.5 Å². The number of ether oxygens (including phenoxy) is 1. The number of nitrogens with two attached hydrogens (primary N) is 1. The summed E-state index contributed by atoms with van der Waals surface area (Å²) >= 11 is 5.98. The Bertz CT molecular complexity index is 967. The summed E-state index contributed by atoms with van der Waals surface area (Å²) in [5, 5.41) is 0.492. The number of carbonyl (C=O) groups is 2. The summed E-state index contributed by atoms with van der Waals surface area (Å²) in [6.45, 7) is 0.626. The summed E-state index contributed by atoms with van der Waals surface area (Å²) < 4.78 is 44.9. The molecule has 1 saturated heterocycles. The van der Waals surface area contributed by atoms with Crippen LogP contribution in [0, 0.1) is 5.41 Å². The topological polar surface area (TPSA) is 72.6 Å². The van der Waals surface area contributed by atoms with E-state index in [1.807, 2.05) is 0 Å². The number of hydrogen-bond donors (Lipinski definition) is 1. The van der Waals surface area contributed by atoms with Gasteiger partial charge in [0.15, 0.2) is 0 Å². The number of nitrogens with zero attached hydrogens (tertiary/aromatic N) is 1. The second-order valence-electron chi connectivity index (χ2n) is 7.80. The molecule has 9 heteroatoms. The van der Waals surface area contributed by atoms with Gasteiger partial charge in [-0.25, -0.2) is 0 Å². The molecule has 2 amide bonds. The van der Waals surface area contributed by atoms with Crippen LogP contribution >= 0.6 is 11.6 Å². The zero-order valence-electron chi connectivity index (χ0n) is 16.6. The van der Waals surface area contributed by atoms with Gasteiger partial charge in [-0.1, -0.05) is 23.7 Å². The number of piperidine rings is 1. The van der Waals surface area contributed by atoms with Gasteiger partial charge < -0.3 is 15.4 Å². The largest absolute Gasteiger partial charge is 0.493 e. The van der Waals surface area contributed by atoms with Crippen LogP contribution in [-0.2, 0) is 11.0 Å². The number of amides is 2. The molecule has 1 fully saturated rings. The van der Waals surface area contributed by atoms with E-state index in [1.54, 1.807) is 24.3 Å². The van der Waals surface area contributed by atoms with Gasteiger partial charge in [0, 0.05) is 35.5 Å². The molecule has 1 atom stereocenters. The third-order valence-electron chi connectivity index (χ3n) is 5.28. The summed E-state index contributed by atoms with van der Waals surface area (Å²) in [6.07, 6.45) is -3.40. The van der Waals surface area contributed by atoms with Crippen LogP contribution in [-0.4, -0.2) is 36.4 Å². The number of rotatable bonds is 6. The third kappa shape index (κ3) is 5.91. The fourth-order valence-electron chi connectivity index (χ4n) is 3.87. The fraction of sp³-hybridized carbons (Fsp3) is 0.364. The van der Waals surface area contributed by atoms with Crippen LogP contribution in [0.2, 0.25) is 5.02 Å². The smallest absolute Gasteiger partial charge is 0.416 e. The summed E-state index contributed by atoms with van der Waals surface area (Å²) in [5.41, 5.74) is 3.77.